The van der Waals surface area contributed by atoms with Crippen LogP contribution in [0.4, 0.5) is 0 Å². The lowest BCUT2D eigenvalue weighted by molar-refractivity contribution is 0.104. The molecule has 0 spiro atoms. The van der Waals surface area contributed by atoms with E-state index < -0.39 is 11.4 Å². The minimum atomic E-state index is -0.693. The second kappa shape index (κ2) is 7.42. The Kier molecular flexibility index (Phi) is 4.83. The Hall–Kier alpha value is -2.83. The molecule has 2 aliphatic rings. The summed E-state index contributed by atoms with van der Waals surface area (Å²) >= 11 is 0. The minimum Gasteiger partial charge on any atom is -0.454 e. The number of Topliss-reactive ketones (excluding diaryl/α,β-unsaturated/α-hetero) is 1. The van der Waals surface area contributed by atoms with Gasteiger partial charge in [-0.3, -0.25) is 4.79 Å². The summed E-state index contributed by atoms with van der Waals surface area (Å²) in [5.41, 5.74) is -0.115. The quantitative estimate of drug-likeness (QED) is 0.333. The Morgan fingerprint density at radius 1 is 1.19 bits per heavy atom. The van der Waals surface area contributed by atoms with Crippen LogP contribution in [0.5, 0.6) is 11.5 Å². The second-order valence-corrected chi connectivity index (χ2v) is 6.83. The molecule has 0 N–H and O–H groups in total. The molecule has 0 bridgehead atoms. The van der Waals surface area contributed by atoms with E-state index in [1.807, 2.05) is 0 Å². The Morgan fingerprint density at radius 2 is 1.93 bits per heavy atom. The predicted molar refractivity (Wildman–Crippen MR) is 98.6 cm³/mol. The lowest BCUT2D eigenvalue weighted by atomic mass is 9.96. The van der Waals surface area contributed by atoms with Gasteiger partial charge in [-0.25, -0.2) is 4.79 Å². The molecule has 7 nitrogen and oxygen atoms in total. The van der Waals surface area contributed by atoms with Gasteiger partial charge in [0.25, 0.3) is 0 Å². The maximum Gasteiger partial charge on any atom is 0.347 e. The molecule has 0 amide bonds. The fraction of sp³-hybridized carbons (Fsp3) is 0.450. The highest BCUT2D eigenvalue weighted by Crippen LogP contribution is 2.36. The fourth-order valence-electron chi connectivity index (χ4n) is 3.63. The van der Waals surface area contributed by atoms with Crippen molar-refractivity contribution >= 4 is 22.5 Å². The average molecular weight is 371 g/mol. The molecule has 2 heterocycles. The number of carbonyl (C=O) groups is 1. The number of oxime groups is 1. The first-order chi connectivity index (χ1) is 13.2. The second-order valence-electron chi connectivity index (χ2n) is 6.83. The molecule has 4 rings (SSSR count). The summed E-state index contributed by atoms with van der Waals surface area (Å²) in [6.07, 6.45) is 4.96. The van der Waals surface area contributed by atoms with E-state index in [9.17, 15) is 9.59 Å². The fourth-order valence-corrected chi connectivity index (χ4v) is 3.63. The summed E-state index contributed by atoms with van der Waals surface area (Å²) in [5.74, 6) is 1.03. The van der Waals surface area contributed by atoms with Gasteiger partial charge in [-0.05, 0) is 31.4 Å². The molecule has 142 valence electrons. The smallest absolute Gasteiger partial charge is 0.347 e. The topological polar surface area (TPSA) is 87.3 Å². The summed E-state index contributed by atoms with van der Waals surface area (Å²) in [7, 11) is 0. The number of benzene rings is 1. The number of nitrogens with zero attached hydrogens (tertiary/aromatic N) is 1. The highest BCUT2D eigenvalue weighted by atomic mass is 16.7. The van der Waals surface area contributed by atoms with Crippen molar-refractivity contribution in [2.45, 2.75) is 39.0 Å². The van der Waals surface area contributed by atoms with Gasteiger partial charge in [0.2, 0.25) is 12.6 Å². The van der Waals surface area contributed by atoms with Gasteiger partial charge in [0.15, 0.2) is 11.5 Å². The third-order valence-electron chi connectivity index (χ3n) is 4.99. The summed E-state index contributed by atoms with van der Waals surface area (Å²) in [6, 6.07) is 4.83. The summed E-state index contributed by atoms with van der Waals surface area (Å²) in [5, 5.41) is 4.60. The van der Waals surface area contributed by atoms with Crippen LogP contribution < -0.4 is 15.1 Å². The number of rotatable bonds is 6. The number of ether oxygens (including phenoxy) is 2. The van der Waals surface area contributed by atoms with Crippen molar-refractivity contribution in [2.24, 2.45) is 11.1 Å². The van der Waals surface area contributed by atoms with E-state index in [0.717, 1.165) is 25.7 Å². The molecular weight excluding hydrogens is 350 g/mol. The van der Waals surface area contributed by atoms with E-state index in [4.69, 9.17) is 18.7 Å². The van der Waals surface area contributed by atoms with Crippen molar-refractivity contribution in [2.75, 3.05) is 13.4 Å². The number of ketones is 1. The van der Waals surface area contributed by atoms with Crippen LogP contribution in [0.3, 0.4) is 0 Å². The Balaban J connectivity index is 1.69. The van der Waals surface area contributed by atoms with Crippen LogP contribution in [-0.4, -0.2) is 24.9 Å². The molecule has 1 aromatic carbocycles. The number of hydrogen-bond acceptors (Lipinski definition) is 7. The zero-order chi connectivity index (χ0) is 18.8. The lowest BCUT2D eigenvalue weighted by Gasteiger charge is -2.10. The van der Waals surface area contributed by atoms with Gasteiger partial charge in [-0.2, -0.15) is 0 Å². The Labute approximate surface area is 155 Å². The van der Waals surface area contributed by atoms with E-state index in [-0.39, 0.29) is 18.1 Å². The maximum absolute atomic E-state index is 13.0. The molecule has 7 heteroatoms. The Morgan fingerprint density at radius 3 is 2.67 bits per heavy atom. The monoisotopic (exact) mass is 371 g/mol. The first-order valence-corrected chi connectivity index (χ1v) is 9.26. The Bertz CT molecular complexity index is 955. The largest absolute Gasteiger partial charge is 0.454 e. The minimum absolute atomic E-state index is 0.0437. The molecule has 1 fully saturated rings. The normalized spacial score (nSPS) is 16.9. The van der Waals surface area contributed by atoms with Crippen molar-refractivity contribution in [1.29, 1.82) is 0 Å². The van der Waals surface area contributed by atoms with Gasteiger partial charge in [-0.1, -0.05) is 30.8 Å². The number of fused-ring (bicyclic) bond motifs is 2. The molecular formula is C20H21NO6. The molecule has 1 aromatic heterocycles. The van der Waals surface area contributed by atoms with Crippen molar-refractivity contribution < 1.29 is 23.5 Å². The first kappa shape index (κ1) is 17.6. The number of hydrogen-bond donors (Lipinski definition) is 0. The molecule has 0 atom stereocenters. The van der Waals surface area contributed by atoms with Crippen molar-refractivity contribution in [1.82, 2.24) is 0 Å². The van der Waals surface area contributed by atoms with Crippen LogP contribution in [0.2, 0.25) is 0 Å². The lowest BCUT2D eigenvalue weighted by Crippen LogP contribution is -2.24. The van der Waals surface area contributed by atoms with Crippen LogP contribution in [-0.2, 0) is 4.84 Å². The highest BCUT2D eigenvalue weighted by Gasteiger charge is 2.26. The SMILES string of the molecule is CCO/N=C(\CC1CCCC1)C(=O)c1cc2cc3c(cc2oc1=O)OCO3. The van der Waals surface area contributed by atoms with Crippen LogP contribution in [0.1, 0.15) is 49.4 Å². The molecule has 1 aliphatic heterocycles. The standard InChI is InChI=1S/C20H21NO6/c1-2-26-21-15(7-12-5-3-4-6-12)19(22)14-8-13-9-17-18(25-11-24-17)10-16(13)27-20(14)23/h8-10,12H,2-7,11H2,1H3/b21-15+. The zero-order valence-corrected chi connectivity index (χ0v) is 15.2. The van der Waals surface area contributed by atoms with Crippen molar-refractivity contribution in [3.63, 3.8) is 0 Å². The maximum atomic E-state index is 13.0. The molecule has 1 aliphatic carbocycles. The van der Waals surface area contributed by atoms with Crippen molar-refractivity contribution in [3.8, 4) is 11.5 Å². The third kappa shape index (κ3) is 3.54. The van der Waals surface area contributed by atoms with E-state index in [0.29, 0.717) is 41.4 Å². The van der Waals surface area contributed by atoms with Gasteiger partial charge < -0.3 is 18.7 Å². The summed E-state index contributed by atoms with van der Waals surface area (Å²) in [4.78, 5) is 30.6. The molecule has 1 saturated carbocycles. The first-order valence-electron chi connectivity index (χ1n) is 9.26. The summed E-state index contributed by atoms with van der Waals surface area (Å²) < 4.78 is 16.0. The van der Waals surface area contributed by atoms with E-state index in [1.54, 1.807) is 19.1 Å². The van der Waals surface area contributed by atoms with Crippen LogP contribution in [0, 0.1) is 5.92 Å². The third-order valence-corrected chi connectivity index (χ3v) is 4.99. The highest BCUT2D eigenvalue weighted by molar-refractivity contribution is 6.46. The van der Waals surface area contributed by atoms with E-state index >= 15 is 0 Å². The van der Waals surface area contributed by atoms with Gasteiger partial charge in [-0.15, -0.1) is 0 Å². The average Bonchev–Trinajstić information content (AvgIpc) is 3.33. The van der Waals surface area contributed by atoms with Crippen LogP contribution in [0.15, 0.2) is 32.6 Å². The van der Waals surface area contributed by atoms with Gasteiger partial charge >= 0.3 is 5.63 Å². The number of carbonyl (C=O) groups excluding carboxylic acids is 1. The molecule has 0 unspecified atom stereocenters. The van der Waals surface area contributed by atoms with Crippen LogP contribution >= 0.6 is 0 Å². The van der Waals surface area contributed by atoms with Gasteiger partial charge in [0.05, 0.1) is 0 Å². The molecule has 0 saturated heterocycles. The summed E-state index contributed by atoms with van der Waals surface area (Å²) in [6.45, 7) is 2.28. The molecule has 0 radical (unpaired) electrons. The predicted octanol–water partition coefficient (Wildman–Crippen LogP) is 3.68. The van der Waals surface area contributed by atoms with E-state index in [2.05, 4.69) is 5.16 Å². The van der Waals surface area contributed by atoms with Crippen molar-refractivity contribution in [3.05, 3.63) is 34.2 Å². The molecule has 2 aromatic rings. The van der Waals surface area contributed by atoms with Crippen LogP contribution in [0.25, 0.3) is 11.0 Å². The van der Waals surface area contributed by atoms with E-state index in [1.165, 1.54) is 6.07 Å². The van der Waals surface area contributed by atoms with Gasteiger partial charge in [0.1, 0.15) is 23.5 Å². The zero-order valence-electron chi connectivity index (χ0n) is 15.2. The van der Waals surface area contributed by atoms with Gasteiger partial charge in [0, 0.05) is 11.5 Å². The molecule has 27 heavy (non-hydrogen) atoms.